The summed E-state index contributed by atoms with van der Waals surface area (Å²) < 4.78 is 28.0. The van der Waals surface area contributed by atoms with Crippen molar-refractivity contribution in [2.24, 2.45) is 5.73 Å². The highest BCUT2D eigenvalue weighted by Crippen LogP contribution is 2.15. The Kier molecular flexibility index (Phi) is 9.93. The lowest BCUT2D eigenvalue weighted by atomic mass is 9.83. The van der Waals surface area contributed by atoms with Gasteiger partial charge in [0, 0.05) is 12.1 Å². The second kappa shape index (κ2) is 11.6. The fraction of sp³-hybridized carbons (Fsp3) is 0.467. The van der Waals surface area contributed by atoms with Gasteiger partial charge in [-0.1, -0.05) is 25.0 Å². The second-order valence-electron chi connectivity index (χ2n) is 6.06. The van der Waals surface area contributed by atoms with Crippen LogP contribution in [0.25, 0.3) is 0 Å². The number of nitrogens with two attached hydrogens (primary N) is 1. The van der Waals surface area contributed by atoms with Gasteiger partial charge < -0.3 is 21.1 Å². The van der Waals surface area contributed by atoms with Crippen molar-refractivity contribution in [3.63, 3.8) is 0 Å². The summed E-state index contributed by atoms with van der Waals surface area (Å²) in [4.78, 5) is 12.1. The number of aromatic nitrogens is 4. The number of amides is 1. The number of nitrogens with one attached hydrogen (secondary N) is 1. The zero-order valence-electron chi connectivity index (χ0n) is 15.0. The third-order valence-corrected chi connectivity index (χ3v) is 3.92. The van der Waals surface area contributed by atoms with E-state index in [2.05, 4.69) is 20.8 Å². The van der Waals surface area contributed by atoms with Gasteiger partial charge in [-0.15, -0.1) is 17.5 Å². The molecule has 0 fully saturated rings. The molecule has 1 aromatic heterocycles. The number of carbonyl (C=O) groups excluding carboxylic acids is 1. The van der Waals surface area contributed by atoms with Crippen LogP contribution in [0.3, 0.4) is 0 Å². The monoisotopic (exact) mass is 418 g/mol. The Morgan fingerprint density at radius 1 is 1.32 bits per heavy atom. The molecule has 1 atom stereocenters. The molecule has 1 amide bonds. The molecule has 0 spiro atoms. The molecule has 2 rings (SSSR count). The van der Waals surface area contributed by atoms with Crippen molar-refractivity contribution < 1.29 is 23.6 Å². The highest BCUT2D eigenvalue weighted by molar-refractivity contribution is 6.40. The third kappa shape index (κ3) is 7.11. The van der Waals surface area contributed by atoms with E-state index in [-0.39, 0.29) is 37.4 Å². The van der Waals surface area contributed by atoms with Gasteiger partial charge in [0.05, 0.1) is 6.04 Å². The first-order valence-electron chi connectivity index (χ1n) is 8.46. The van der Waals surface area contributed by atoms with Gasteiger partial charge in [-0.2, -0.15) is 0 Å². The van der Waals surface area contributed by atoms with E-state index in [0.29, 0.717) is 25.1 Å². The topological polar surface area (TPSA) is 139 Å². The standard InChI is InChI=1S/C15H21BF2N6O3.ClH/c17-11-5-3-4-10(14(11)18)8-20-13(25)9-24-15(21-22-23-24)12(19)6-1-2-7-16(26)27;/h3-5,12,26-27H,1-2,6-9,19H2,(H,20,25);1H. The van der Waals surface area contributed by atoms with Crippen molar-refractivity contribution in [1.82, 2.24) is 25.5 Å². The van der Waals surface area contributed by atoms with Crippen molar-refractivity contribution in [1.29, 1.82) is 0 Å². The quantitative estimate of drug-likeness (QED) is 0.322. The van der Waals surface area contributed by atoms with Gasteiger partial charge in [0.2, 0.25) is 5.91 Å². The molecular weight excluding hydrogens is 396 g/mol. The summed E-state index contributed by atoms with van der Waals surface area (Å²) in [5.41, 5.74) is 6.05. The lowest BCUT2D eigenvalue weighted by Crippen LogP contribution is -2.30. The summed E-state index contributed by atoms with van der Waals surface area (Å²) in [7, 11) is -1.35. The third-order valence-electron chi connectivity index (χ3n) is 3.92. The Morgan fingerprint density at radius 2 is 2.07 bits per heavy atom. The highest BCUT2D eigenvalue weighted by Gasteiger charge is 2.18. The van der Waals surface area contributed by atoms with Crippen LogP contribution in [0.2, 0.25) is 6.32 Å². The summed E-state index contributed by atoms with van der Waals surface area (Å²) >= 11 is 0. The number of nitrogens with zero attached hydrogens (tertiary/aromatic N) is 4. The molecule has 0 bridgehead atoms. The Labute approximate surface area is 166 Å². The minimum Gasteiger partial charge on any atom is -0.427 e. The Balaban J connectivity index is 0.00000392. The van der Waals surface area contributed by atoms with E-state index in [1.807, 2.05) is 0 Å². The predicted octanol–water partition coefficient (Wildman–Crippen LogP) is 0.332. The highest BCUT2D eigenvalue weighted by atomic mass is 35.5. The molecule has 0 aliphatic heterocycles. The average Bonchev–Trinajstić information content (AvgIpc) is 3.07. The van der Waals surface area contributed by atoms with Crippen LogP contribution in [0.15, 0.2) is 18.2 Å². The summed E-state index contributed by atoms with van der Waals surface area (Å²) in [6.07, 6.45) is 1.96. The maximum absolute atomic E-state index is 13.6. The van der Waals surface area contributed by atoms with Gasteiger partial charge in [0.25, 0.3) is 0 Å². The van der Waals surface area contributed by atoms with Crippen LogP contribution in [0.5, 0.6) is 0 Å². The van der Waals surface area contributed by atoms with Crippen molar-refractivity contribution in [2.75, 3.05) is 0 Å². The number of hydrogen-bond acceptors (Lipinski definition) is 7. The molecule has 0 aliphatic rings. The summed E-state index contributed by atoms with van der Waals surface area (Å²) in [6.45, 7) is -0.391. The molecule has 0 radical (unpaired) electrons. The van der Waals surface area contributed by atoms with Gasteiger partial charge in [-0.25, -0.2) is 13.5 Å². The largest absolute Gasteiger partial charge is 0.451 e. The molecule has 1 aromatic carbocycles. The first kappa shape index (κ1) is 23.9. The fourth-order valence-corrected chi connectivity index (χ4v) is 2.48. The van der Waals surface area contributed by atoms with Crippen LogP contribution in [-0.2, 0) is 17.9 Å². The van der Waals surface area contributed by atoms with E-state index in [1.54, 1.807) is 0 Å². The summed E-state index contributed by atoms with van der Waals surface area (Å²) in [6, 6.07) is 3.20. The van der Waals surface area contributed by atoms with E-state index in [4.69, 9.17) is 15.8 Å². The van der Waals surface area contributed by atoms with E-state index in [0.717, 1.165) is 6.07 Å². The smallest absolute Gasteiger partial charge is 0.427 e. The van der Waals surface area contributed by atoms with Gasteiger partial charge in [0.1, 0.15) is 6.54 Å². The fourth-order valence-electron chi connectivity index (χ4n) is 2.48. The van der Waals surface area contributed by atoms with Crippen LogP contribution in [0.4, 0.5) is 8.78 Å². The van der Waals surface area contributed by atoms with E-state index < -0.39 is 30.7 Å². The van der Waals surface area contributed by atoms with Crippen LogP contribution in [0.1, 0.15) is 36.7 Å². The first-order valence-corrected chi connectivity index (χ1v) is 8.46. The van der Waals surface area contributed by atoms with Gasteiger partial charge in [-0.05, 0) is 29.2 Å². The molecule has 13 heteroatoms. The molecule has 5 N–H and O–H groups in total. The number of hydrogen-bond donors (Lipinski definition) is 4. The summed E-state index contributed by atoms with van der Waals surface area (Å²) in [5.74, 6) is -2.16. The second-order valence-corrected chi connectivity index (χ2v) is 6.06. The van der Waals surface area contributed by atoms with Crippen molar-refractivity contribution in [3.05, 3.63) is 41.2 Å². The van der Waals surface area contributed by atoms with E-state index >= 15 is 0 Å². The first-order chi connectivity index (χ1) is 12.9. The lowest BCUT2D eigenvalue weighted by Gasteiger charge is -2.12. The normalized spacial score (nSPS) is 11.6. The number of rotatable bonds is 10. The Hall–Kier alpha value is -2.15. The Bertz CT molecular complexity index is 767. The van der Waals surface area contributed by atoms with Crippen LogP contribution in [0, 0.1) is 11.6 Å². The molecule has 9 nitrogen and oxygen atoms in total. The maximum Gasteiger partial charge on any atom is 0.451 e. The number of carbonyl (C=O) groups is 1. The molecular formula is C15H22BClF2N6O3. The molecule has 1 heterocycles. The number of tetrazole rings is 1. The zero-order chi connectivity index (χ0) is 19.8. The minimum absolute atomic E-state index is 0. The predicted molar refractivity (Wildman–Crippen MR) is 99.0 cm³/mol. The van der Waals surface area contributed by atoms with Crippen LogP contribution >= 0.6 is 12.4 Å². The SMILES string of the molecule is Cl.NC(CCCCB(O)O)c1nnnn1CC(=O)NCc1cccc(F)c1F. The molecule has 2 aromatic rings. The molecule has 0 saturated carbocycles. The average molecular weight is 419 g/mol. The van der Waals surface area contributed by atoms with Gasteiger partial charge in [0.15, 0.2) is 17.5 Å². The zero-order valence-corrected chi connectivity index (χ0v) is 15.8. The van der Waals surface area contributed by atoms with Crippen LogP contribution in [-0.4, -0.2) is 43.3 Å². The molecule has 0 aliphatic carbocycles. The molecule has 28 heavy (non-hydrogen) atoms. The van der Waals surface area contributed by atoms with Crippen molar-refractivity contribution in [3.8, 4) is 0 Å². The van der Waals surface area contributed by atoms with Crippen LogP contribution < -0.4 is 11.1 Å². The van der Waals surface area contributed by atoms with E-state index in [1.165, 1.54) is 16.8 Å². The minimum atomic E-state index is -1.35. The number of benzene rings is 1. The Morgan fingerprint density at radius 3 is 2.79 bits per heavy atom. The van der Waals surface area contributed by atoms with E-state index in [9.17, 15) is 13.6 Å². The van der Waals surface area contributed by atoms with Crippen molar-refractivity contribution >= 4 is 25.4 Å². The summed E-state index contributed by atoms with van der Waals surface area (Å²) in [5, 5.41) is 31.1. The number of unbranched alkanes of at least 4 members (excludes halogenated alkanes) is 1. The molecule has 154 valence electrons. The number of halogens is 3. The van der Waals surface area contributed by atoms with Gasteiger partial charge >= 0.3 is 7.12 Å². The molecule has 0 saturated heterocycles. The lowest BCUT2D eigenvalue weighted by molar-refractivity contribution is -0.122. The molecule has 1 unspecified atom stereocenters. The van der Waals surface area contributed by atoms with Crippen molar-refractivity contribution in [2.45, 2.75) is 44.7 Å². The maximum atomic E-state index is 13.6. The van der Waals surface area contributed by atoms with Gasteiger partial charge in [-0.3, -0.25) is 4.79 Å².